The third-order valence-corrected chi connectivity index (χ3v) is 2.78. The van der Waals surface area contributed by atoms with Gasteiger partial charge in [-0.3, -0.25) is 9.69 Å². The lowest BCUT2D eigenvalue weighted by molar-refractivity contribution is -0.124. The minimum absolute atomic E-state index is 0.139. The number of carbonyl (C=O) groups excluding carboxylic acids is 1. The molecule has 0 aromatic heterocycles. The maximum absolute atomic E-state index is 11.3. The Morgan fingerprint density at radius 3 is 2.60 bits per heavy atom. The molecule has 1 aromatic rings. The van der Waals surface area contributed by atoms with Crippen LogP contribution in [-0.4, -0.2) is 17.4 Å². The van der Waals surface area contributed by atoms with Gasteiger partial charge in [0.25, 0.3) is 0 Å². The third-order valence-electron chi connectivity index (χ3n) is 2.25. The Balaban J connectivity index is 2.11. The van der Waals surface area contributed by atoms with Gasteiger partial charge in [0, 0.05) is 29.0 Å². The van der Waals surface area contributed by atoms with Gasteiger partial charge in [0.05, 0.1) is 0 Å². The third kappa shape index (κ3) is 2.60. The molecule has 1 amide bonds. The molecule has 0 spiro atoms. The fourth-order valence-corrected chi connectivity index (χ4v) is 1.70. The maximum Gasteiger partial charge on any atom is 0.234 e. The highest BCUT2D eigenvalue weighted by Gasteiger charge is 2.17. The van der Waals surface area contributed by atoms with E-state index in [9.17, 15) is 4.79 Å². The van der Waals surface area contributed by atoms with Crippen LogP contribution in [0.4, 0.5) is 0 Å². The minimum atomic E-state index is 0.139. The highest BCUT2D eigenvalue weighted by Crippen LogP contribution is 2.10. The van der Waals surface area contributed by atoms with Gasteiger partial charge >= 0.3 is 0 Å². The topological polar surface area (TPSA) is 20.3 Å². The molecule has 1 heterocycles. The zero-order valence-corrected chi connectivity index (χ0v) is 9.75. The van der Waals surface area contributed by atoms with Crippen molar-refractivity contribution in [1.82, 2.24) is 4.90 Å². The second kappa shape index (κ2) is 4.50. The number of amides is 1. The van der Waals surface area contributed by atoms with Crippen LogP contribution in [0.3, 0.4) is 0 Å². The van der Waals surface area contributed by atoms with Crippen LogP contribution in [0.2, 0.25) is 0 Å². The molecule has 0 atom stereocenters. The van der Waals surface area contributed by atoms with Gasteiger partial charge in [0.1, 0.15) is 0 Å². The molecule has 0 unspecified atom stereocenters. The van der Waals surface area contributed by atoms with Crippen molar-refractivity contribution in [3.05, 3.63) is 34.3 Å². The molecule has 1 aromatic carbocycles. The lowest BCUT2D eigenvalue weighted by Crippen LogP contribution is -2.17. The summed E-state index contributed by atoms with van der Waals surface area (Å²) in [6.45, 7) is 0.766. The van der Waals surface area contributed by atoms with Crippen molar-refractivity contribution in [3.8, 4) is 12.0 Å². The molecule has 2 rings (SSSR count). The summed E-state index contributed by atoms with van der Waals surface area (Å²) in [7, 11) is 0. The second-order valence-electron chi connectivity index (χ2n) is 3.39. The largest absolute Gasteiger partial charge is 0.274 e. The van der Waals surface area contributed by atoms with Crippen molar-refractivity contribution in [2.45, 2.75) is 12.8 Å². The highest BCUT2D eigenvalue weighted by atomic mass is 79.9. The molecule has 2 nitrogen and oxygen atoms in total. The Kier molecular flexibility index (Phi) is 3.08. The summed E-state index contributed by atoms with van der Waals surface area (Å²) in [6.07, 6.45) is 1.56. The molecular weight excluding hydrogens is 254 g/mol. The van der Waals surface area contributed by atoms with Gasteiger partial charge in [-0.05, 0) is 36.6 Å². The van der Waals surface area contributed by atoms with E-state index in [1.807, 2.05) is 24.3 Å². The van der Waals surface area contributed by atoms with E-state index >= 15 is 0 Å². The number of likely N-dealkylation sites (tertiary alicyclic amines) is 1. The Morgan fingerprint density at radius 1 is 1.27 bits per heavy atom. The first-order chi connectivity index (χ1) is 7.25. The van der Waals surface area contributed by atoms with E-state index in [0.29, 0.717) is 6.42 Å². The van der Waals surface area contributed by atoms with Crippen LogP contribution < -0.4 is 0 Å². The number of carbonyl (C=O) groups is 1. The molecule has 0 aliphatic carbocycles. The van der Waals surface area contributed by atoms with Crippen LogP contribution in [0.25, 0.3) is 0 Å². The number of nitrogens with zero attached hydrogens (tertiary/aromatic N) is 1. The second-order valence-corrected chi connectivity index (χ2v) is 4.31. The zero-order valence-electron chi connectivity index (χ0n) is 8.16. The molecule has 1 fully saturated rings. The van der Waals surface area contributed by atoms with Gasteiger partial charge in [-0.2, -0.15) is 0 Å². The van der Waals surface area contributed by atoms with E-state index in [4.69, 9.17) is 0 Å². The summed E-state index contributed by atoms with van der Waals surface area (Å²) in [4.78, 5) is 12.9. The van der Waals surface area contributed by atoms with Crippen molar-refractivity contribution in [1.29, 1.82) is 0 Å². The molecule has 1 aliphatic heterocycles. The lowest BCUT2D eigenvalue weighted by Gasteiger charge is -2.03. The van der Waals surface area contributed by atoms with Gasteiger partial charge < -0.3 is 0 Å². The average Bonchev–Trinajstić information content (AvgIpc) is 2.63. The van der Waals surface area contributed by atoms with Gasteiger partial charge in [-0.1, -0.05) is 15.9 Å². The van der Waals surface area contributed by atoms with E-state index in [2.05, 4.69) is 27.9 Å². The predicted octanol–water partition coefficient (Wildman–Crippen LogP) is 2.38. The molecule has 76 valence electrons. The van der Waals surface area contributed by atoms with Crippen LogP contribution in [0.15, 0.2) is 28.7 Å². The van der Waals surface area contributed by atoms with Crippen molar-refractivity contribution in [3.63, 3.8) is 0 Å². The highest BCUT2D eigenvalue weighted by molar-refractivity contribution is 9.10. The van der Waals surface area contributed by atoms with E-state index in [1.54, 1.807) is 4.90 Å². The first-order valence-corrected chi connectivity index (χ1v) is 5.62. The summed E-state index contributed by atoms with van der Waals surface area (Å²) in [5.74, 6) is 3.12. The Labute approximate surface area is 97.4 Å². The smallest absolute Gasteiger partial charge is 0.234 e. The fraction of sp³-hybridized carbons (Fsp3) is 0.250. The molecule has 0 bridgehead atoms. The Hall–Kier alpha value is -1.27. The SMILES string of the molecule is O=C1CCCN1C#Cc1ccc(Br)cc1. The van der Waals surface area contributed by atoms with E-state index < -0.39 is 0 Å². The van der Waals surface area contributed by atoms with Crippen molar-refractivity contribution in [2.24, 2.45) is 0 Å². The molecule has 15 heavy (non-hydrogen) atoms. The Bertz CT molecular complexity index is 427. The van der Waals surface area contributed by atoms with Gasteiger partial charge in [-0.25, -0.2) is 0 Å². The summed E-state index contributed by atoms with van der Waals surface area (Å²) in [6, 6.07) is 10.6. The molecule has 1 aliphatic rings. The molecule has 0 saturated carbocycles. The van der Waals surface area contributed by atoms with Crippen LogP contribution in [0.1, 0.15) is 18.4 Å². The van der Waals surface area contributed by atoms with Crippen molar-refractivity contribution < 1.29 is 4.79 Å². The first kappa shape index (κ1) is 10.3. The first-order valence-electron chi connectivity index (χ1n) is 4.83. The number of halogens is 1. The number of hydrogen-bond acceptors (Lipinski definition) is 1. The van der Waals surface area contributed by atoms with E-state index in [1.165, 1.54) is 0 Å². The normalized spacial score (nSPS) is 15.0. The molecule has 0 radical (unpaired) electrons. The maximum atomic E-state index is 11.3. The van der Waals surface area contributed by atoms with Gasteiger partial charge in [0.15, 0.2) is 0 Å². The Morgan fingerprint density at radius 2 is 2.00 bits per heavy atom. The fourth-order valence-electron chi connectivity index (χ4n) is 1.43. The molecule has 1 saturated heterocycles. The van der Waals surface area contributed by atoms with Crippen LogP contribution >= 0.6 is 15.9 Å². The zero-order chi connectivity index (χ0) is 10.7. The van der Waals surface area contributed by atoms with E-state index in [-0.39, 0.29) is 5.91 Å². The van der Waals surface area contributed by atoms with Crippen LogP contribution in [0, 0.1) is 12.0 Å². The quantitative estimate of drug-likeness (QED) is 0.659. The molecule has 0 N–H and O–H groups in total. The average molecular weight is 264 g/mol. The van der Waals surface area contributed by atoms with Crippen LogP contribution in [-0.2, 0) is 4.79 Å². The number of rotatable bonds is 0. The lowest BCUT2D eigenvalue weighted by atomic mass is 10.2. The van der Waals surface area contributed by atoms with Crippen LogP contribution in [0.5, 0.6) is 0 Å². The van der Waals surface area contributed by atoms with E-state index in [0.717, 1.165) is 23.0 Å². The summed E-state index contributed by atoms with van der Waals surface area (Å²) in [5.41, 5.74) is 0.929. The van der Waals surface area contributed by atoms with Gasteiger partial charge in [-0.15, -0.1) is 0 Å². The predicted molar refractivity (Wildman–Crippen MR) is 62.0 cm³/mol. The summed E-state index contributed by atoms with van der Waals surface area (Å²) in [5, 5.41) is 0. The number of benzene rings is 1. The molecule has 3 heteroatoms. The summed E-state index contributed by atoms with van der Waals surface area (Å²) < 4.78 is 1.03. The minimum Gasteiger partial charge on any atom is -0.274 e. The number of hydrogen-bond donors (Lipinski definition) is 0. The standard InChI is InChI=1S/C12H10BrNO/c13-11-5-3-10(4-6-11)7-9-14-8-1-2-12(14)15/h3-6H,1-2,8H2. The van der Waals surface area contributed by atoms with Crippen molar-refractivity contribution in [2.75, 3.05) is 6.54 Å². The van der Waals surface area contributed by atoms with Crippen molar-refractivity contribution >= 4 is 21.8 Å². The molecular formula is C12H10BrNO. The summed E-state index contributed by atoms with van der Waals surface area (Å²) >= 11 is 3.36. The van der Waals surface area contributed by atoms with Gasteiger partial charge in [0.2, 0.25) is 5.91 Å². The monoisotopic (exact) mass is 263 g/mol.